The van der Waals surface area contributed by atoms with E-state index in [-0.39, 0.29) is 11.1 Å². The van der Waals surface area contributed by atoms with Crippen molar-refractivity contribution >= 4 is 0 Å². The minimum atomic E-state index is -0.241. The van der Waals surface area contributed by atoms with Gasteiger partial charge in [-0.3, -0.25) is 4.79 Å². The number of pyridine rings is 1. The molecule has 25 heavy (non-hydrogen) atoms. The third-order valence-corrected chi connectivity index (χ3v) is 3.86. The van der Waals surface area contributed by atoms with Crippen LogP contribution in [-0.4, -0.2) is 4.57 Å². The van der Waals surface area contributed by atoms with Gasteiger partial charge in [-0.05, 0) is 29.7 Å². The number of hydrogen-bond donors (Lipinski definition) is 0. The average Bonchev–Trinajstić information content (AvgIpc) is 2.67. The second-order valence-electron chi connectivity index (χ2n) is 5.44. The van der Waals surface area contributed by atoms with E-state index in [1.807, 2.05) is 86.6 Å². The lowest BCUT2D eigenvalue weighted by Gasteiger charge is -2.15. The Hall–Kier alpha value is -3.12. The normalized spacial score (nSPS) is 9.68. The Morgan fingerprint density at radius 2 is 1.52 bits per heavy atom. The molecular formula is C22H22N2O. The number of hydrogen-bond acceptors (Lipinski definition) is 2. The summed E-state index contributed by atoms with van der Waals surface area (Å²) in [6, 6.07) is 23.5. The molecule has 0 amide bonds. The molecule has 3 aromatic rings. The van der Waals surface area contributed by atoms with Crippen LogP contribution in [0, 0.1) is 18.3 Å². The van der Waals surface area contributed by atoms with Crippen molar-refractivity contribution in [3.8, 4) is 17.3 Å². The van der Waals surface area contributed by atoms with Crippen molar-refractivity contribution in [2.24, 2.45) is 0 Å². The minimum Gasteiger partial charge on any atom is -0.303 e. The molecule has 0 fully saturated rings. The predicted octanol–water partition coefficient (Wildman–Crippen LogP) is 4.77. The molecule has 0 spiro atoms. The van der Waals surface area contributed by atoms with E-state index in [1.54, 1.807) is 11.5 Å². The maximum absolute atomic E-state index is 12.8. The number of rotatable bonds is 3. The summed E-state index contributed by atoms with van der Waals surface area (Å²) in [4.78, 5) is 12.8. The van der Waals surface area contributed by atoms with E-state index in [9.17, 15) is 10.1 Å². The van der Waals surface area contributed by atoms with E-state index in [1.165, 1.54) is 0 Å². The molecule has 0 radical (unpaired) electrons. The smallest absolute Gasteiger partial charge is 0.269 e. The summed E-state index contributed by atoms with van der Waals surface area (Å²) in [6.07, 6.45) is 0. The molecular weight excluding hydrogens is 308 g/mol. The van der Waals surface area contributed by atoms with Crippen LogP contribution in [0.3, 0.4) is 0 Å². The number of nitriles is 1. The summed E-state index contributed by atoms with van der Waals surface area (Å²) < 4.78 is 1.68. The summed E-state index contributed by atoms with van der Waals surface area (Å²) in [6.45, 7) is 6.25. The van der Waals surface area contributed by atoms with Gasteiger partial charge in [-0.1, -0.05) is 74.5 Å². The molecule has 0 bridgehead atoms. The van der Waals surface area contributed by atoms with Gasteiger partial charge >= 0.3 is 0 Å². The van der Waals surface area contributed by atoms with Gasteiger partial charge in [-0.2, -0.15) is 5.26 Å². The van der Waals surface area contributed by atoms with Crippen LogP contribution in [0.25, 0.3) is 11.3 Å². The Morgan fingerprint density at radius 1 is 0.960 bits per heavy atom. The average molecular weight is 330 g/mol. The molecule has 0 aliphatic heterocycles. The number of aryl methyl sites for hydroxylation is 1. The quantitative estimate of drug-likeness (QED) is 0.694. The molecule has 0 aliphatic rings. The molecule has 3 rings (SSSR count). The fourth-order valence-electron chi connectivity index (χ4n) is 2.68. The summed E-state index contributed by atoms with van der Waals surface area (Å²) in [5.74, 6) is 0. The number of nitrogens with zero attached hydrogens (tertiary/aromatic N) is 2. The zero-order valence-electron chi connectivity index (χ0n) is 14.9. The Balaban J connectivity index is 0.00000109. The highest BCUT2D eigenvalue weighted by Gasteiger charge is 2.13. The van der Waals surface area contributed by atoms with Crippen LogP contribution in [-0.2, 0) is 6.54 Å². The fraction of sp³-hybridized carbons (Fsp3) is 0.182. The fourth-order valence-corrected chi connectivity index (χ4v) is 2.68. The van der Waals surface area contributed by atoms with E-state index in [4.69, 9.17) is 0 Å². The highest BCUT2D eigenvalue weighted by Crippen LogP contribution is 2.21. The molecule has 2 aromatic carbocycles. The molecule has 0 saturated heterocycles. The third-order valence-electron chi connectivity index (χ3n) is 3.86. The van der Waals surface area contributed by atoms with E-state index >= 15 is 0 Å². The van der Waals surface area contributed by atoms with Gasteiger partial charge in [0, 0.05) is 0 Å². The van der Waals surface area contributed by atoms with Gasteiger partial charge in [0.25, 0.3) is 5.56 Å². The van der Waals surface area contributed by atoms with E-state index in [0.29, 0.717) is 12.1 Å². The second-order valence-corrected chi connectivity index (χ2v) is 5.44. The lowest BCUT2D eigenvalue weighted by molar-refractivity contribution is 0.763. The molecule has 3 nitrogen and oxygen atoms in total. The van der Waals surface area contributed by atoms with Crippen LogP contribution in [0.1, 0.15) is 30.5 Å². The van der Waals surface area contributed by atoms with Gasteiger partial charge < -0.3 is 4.57 Å². The van der Waals surface area contributed by atoms with Crippen LogP contribution in [0.2, 0.25) is 0 Å². The summed E-state index contributed by atoms with van der Waals surface area (Å²) >= 11 is 0. The molecule has 0 N–H and O–H groups in total. The van der Waals surface area contributed by atoms with Crippen molar-refractivity contribution in [1.82, 2.24) is 4.57 Å². The Morgan fingerprint density at radius 3 is 2.08 bits per heavy atom. The van der Waals surface area contributed by atoms with Crippen molar-refractivity contribution < 1.29 is 0 Å². The minimum absolute atomic E-state index is 0.209. The third kappa shape index (κ3) is 4.05. The molecule has 1 heterocycles. The van der Waals surface area contributed by atoms with Gasteiger partial charge in [0.2, 0.25) is 0 Å². The zero-order valence-corrected chi connectivity index (χ0v) is 14.9. The molecule has 0 unspecified atom stereocenters. The van der Waals surface area contributed by atoms with Crippen molar-refractivity contribution in [1.29, 1.82) is 5.26 Å². The van der Waals surface area contributed by atoms with E-state index in [0.717, 1.165) is 16.8 Å². The first-order chi connectivity index (χ1) is 12.2. The molecule has 3 heteroatoms. The van der Waals surface area contributed by atoms with Crippen LogP contribution < -0.4 is 5.56 Å². The van der Waals surface area contributed by atoms with Crippen LogP contribution in [0.5, 0.6) is 0 Å². The van der Waals surface area contributed by atoms with Gasteiger partial charge in [0.1, 0.15) is 11.6 Å². The topological polar surface area (TPSA) is 45.8 Å². The van der Waals surface area contributed by atoms with Crippen molar-refractivity contribution in [3.63, 3.8) is 0 Å². The summed E-state index contributed by atoms with van der Waals surface area (Å²) in [5, 5.41) is 9.29. The first-order valence-corrected chi connectivity index (χ1v) is 8.44. The first kappa shape index (κ1) is 18.2. The second kappa shape index (κ2) is 8.65. The van der Waals surface area contributed by atoms with Crippen molar-refractivity contribution in [2.75, 3.05) is 0 Å². The van der Waals surface area contributed by atoms with Crippen LogP contribution >= 0.6 is 0 Å². The Labute approximate surface area is 148 Å². The lowest BCUT2D eigenvalue weighted by atomic mass is 10.0. The lowest BCUT2D eigenvalue weighted by Crippen LogP contribution is -2.25. The van der Waals surface area contributed by atoms with Crippen LogP contribution in [0.15, 0.2) is 71.5 Å². The highest BCUT2D eigenvalue weighted by atomic mass is 16.1. The van der Waals surface area contributed by atoms with Gasteiger partial charge in [-0.15, -0.1) is 0 Å². The molecule has 0 saturated carbocycles. The molecule has 0 aliphatic carbocycles. The van der Waals surface area contributed by atoms with Gasteiger partial charge in [0.15, 0.2) is 0 Å². The summed E-state index contributed by atoms with van der Waals surface area (Å²) in [5.41, 5.74) is 3.50. The Bertz CT molecular complexity index is 920. The van der Waals surface area contributed by atoms with Crippen molar-refractivity contribution in [2.45, 2.75) is 27.3 Å². The predicted molar refractivity (Wildman–Crippen MR) is 102 cm³/mol. The monoisotopic (exact) mass is 330 g/mol. The maximum atomic E-state index is 12.8. The number of benzene rings is 2. The largest absolute Gasteiger partial charge is 0.303 e. The Kier molecular flexibility index (Phi) is 6.31. The first-order valence-electron chi connectivity index (χ1n) is 8.44. The van der Waals surface area contributed by atoms with Crippen LogP contribution in [0.4, 0.5) is 0 Å². The molecule has 0 atom stereocenters. The van der Waals surface area contributed by atoms with E-state index in [2.05, 4.69) is 0 Å². The molecule has 1 aromatic heterocycles. The van der Waals surface area contributed by atoms with Gasteiger partial charge in [0.05, 0.1) is 12.2 Å². The molecule has 126 valence electrons. The zero-order chi connectivity index (χ0) is 18.2. The highest BCUT2D eigenvalue weighted by molar-refractivity contribution is 5.62. The number of aromatic nitrogens is 1. The van der Waals surface area contributed by atoms with E-state index < -0.39 is 0 Å². The summed E-state index contributed by atoms with van der Waals surface area (Å²) in [7, 11) is 0. The SMILES string of the molecule is CC.Cc1cc(-c2ccccc2)n(Cc2ccccc2)c(=O)c1C#N. The van der Waals surface area contributed by atoms with Gasteiger partial charge in [-0.25, -0.2) is 0 Å². The van der Waals surface area contributed by atoms with Crippen molar-refractivity contribution in [3.05, 3.63) is 93.8 Å². The maximum Gasteiger partial charge on any atom is 0.269 e. The standard InChI is InChI=1S/C20H16N2O.C2H6/c1-15-12-19(17-10-6-3-7-11-17)22(20(23)18(15)13-21)14-16-8-4-2-5-9-16;1-2/h2-12H,14H2,1H3;1-2H3.